The Kier molecular flexibility index (Phi) is 3.91. The summed E-state index contributed by atoms with van der Waals surface area (Å²) >= 11 is 5.44. The first-order valence-electron chi connectivity index (χ1n) is 3.11. The van der Waals surface area contributed by atoms with Crippen LogP contribution in [0.5, 0.6) is 0 Å². The molecule has 0 heterocycles. The number of halogens is 1. The van der Waals surface area contributed by atoms with E-state index in [-0.39, 0.29) is 5.54 Å². The van der Waals surface area contributed by atoms with Crippen molar-refractivity contribution in [3.05, 3.63) is 12.7 Å². The Labute approximate surface area is 62.2 Å². The highest BCUT2D eigenvalue weighted by molar-refractivity contribution is 6.13. The van der Waals surface area contributed by atoms with Crippen LogP contribution in [0, 0.1) is 0 Å². The Hall–Kier alpha value is -0.0100. The van der Waals surface area contributed by atoms with Crippen molar-refractivity contribution >= 4 is 11.8 Å². The molecule has 0 amide bonds. The number of allylic oxidation sites excluding steroid dienone is 1. The van der Waals surface area contributed by atoms with Crippen molar-refractivity contribution in [1.29, 1.82) is 0 Å². The van der Waals surface area contributed by atoms with Gasteiger partial charge < -0.3 is 0 Å². The number of hydrogen-bond acceptors (Lipinski definition) is 1. The van der Waals surface area contributed by atoms with Gasteiger partial charge in [0, 0.05) is 5.54 Å². The summed E-state index contributed by atoms with van der Waals surface area (Å²) in [5, 5.41) is 0. The van der Waals surface area contributed by atoms with Crippen molar-refractivity contribution in [3.63, 3.8) is 0 Å². The van der Waals surface area contributed by atoms with E-state index >= 15 is 0 Å². The second kappa shape index (κ2) is 3.91. The average Bonchev–Trinajstić information content (AvgIpc) is 1.84. The van der Waals surface area contributed by atoms with Crippen molar-refractivity contribution in [2.45, 2.75) is 32.2 Å². The zero-order chi connectivity index (χ0) is 7.33. The second-order valence-corrected chi connectivity index (χ2v) is 2.99. The Morgan fingerprint density at radius 2 is 2.22 bits per heavy atom. The highest BCUT2D eigenvalue weighted by atomic mass is 35.5. The molecule has 0 radical (unpaired) electrons. The van der Waals surface area contributed by atoms with E-state index in [1.165, 1.54) is 0 Å². The van der Waals surface area contributed by atoms with Crippen molar-refractivity contribution in [2.75, 3.05) is 0 Å². The van der Waals surface area contributed by atoms with E-state index in [0.717, 1.165) is 12.8 Å². The first-order chi connectivity index (χ1) is 4.12. The van der Waals surface area contributed by atoms with Crippen molar-refractivity contribution in [1.82, 2.24) is 4.84 Å². The lowest BCUT2D eigenvalue weighted by molar-refractivity contribution is 0.442. The third-order valence-electron chi connectivity index (χ3n) is 1.23. The number of nitrogens with one attached hydrogen (secondary N) is 1. The molecular weight excluding hydrogens is 134 g/mol. The molecule has 0 aliphatic rings. The van der Waals surface area contributed by atoms with E-state index in [0.29, 0.717) is 0 Å². The molecule has 0 unspecified atom stereocenters. The summed E-state index contributed by atoms with van der Waals surface area (Å²) in [6.07, 6.45) is 3.93. The van der Waals surface area contributed by atoms with Gasteiger partial charge in [-0.05, 0) is 38.5 Å². The largest absolute Gasteiger partial charge is 0.228 e. The van der Waals surface area contributed by atoms with Crippen LogP contribution in [0.4, 0.5) is 0 Å². The van der Waals surface area contributed by atoms with Gasteiger partial charge in [0.2, 0.25) is 0 Å². The quantitative estimate of drug-likeness (QED) is 0.476. The summed E-state index contributed by atoms with van der Waals surface area (Å²) in [6, 6.07) is 0. The first kappa shape index (κ1) is 8.99. The molecule has 0 fully saturated rings. The van der Waals surface area contributed by atoms with Crippen LogP contribution >= 0.6 is 11.8 Å². The lowest BCUT2D eigenvalue weighted by atomic mass is 10.0. The second-order valence-electron chi connectivity index (χ2n) is 2.81. The van der Waals surface area contributed by atoms with Crippen LogP contribution in [0.25, 0.3) is 0 Å². The predicted molar refractivity (Wildman–Crippen MR) is 42.5 cm³/mol. The van der Waals surface area contributed by atoms with Crippen LogP contribution in [0.15, 0.2) is 12.7 Å². The summed E-state index contributed by atoms with van der Waals surface area (Å²) < 4.78 is 0. The predicted octanol–water partition coefficient (Wildman–Crippen LogP) is 2.47. The lowest BCUT2D eigenvalue weighted by Crippen LogP contribution is -2.31. The third kappa shape index (κ3) is 4.49. The van der Waals surface area contributed by atoms with E-state index in [1.54, 1.807) is 0 Å². The first-order valence-corrected chi connectivity index (χ1v) is 3.49. The molecule has 54 valence electrons. The van der Waals surface area contributed by atoms with E-state index in [2.05, 4.69) is 25.3 Å². The normalized spacial score (nSPS) is 11.4. The van der Waals surface area contributed by atoms with Gasteiger partial charge in [0.15, 0.2) is 0 Å². The van der Waals surface area contributed by atoms with E-state index in [1.807, 2.05) is 6.08 Å². The third-order valence-corrected chi connectivity index (χ3v) is 1.74. The summed E-state index contributed by atoms with van der Waals surface area (Å²) in [7, 11) is 0. The highest BCUT2D eigenvalue weighted by Crippen LogP contribution is 2.11. The molecule has 0 aromatic rings. The Bertz CT molecular complexity index is 88.9. The topological polar surface area (TPSA) is 12.0 Å². The molecule has 0 rings (SSSR count). The maximum Gasteiger partial charge on any atom is 0.0278 e. The lowest BCUT2D eigenvalue weighted by Gasteiger charge is -2.20. The molecular formula is C7H14ClN. The van der Waals surface area contributed by atoms with Gasteiger partial charge >= 0.3 is 0 Å². The fraction of sp³-hybridized carbons (Fsp3) is 0.714. The molecule has 0 aliphatic carbocycles. The summed E-state index contributed by atoms with van der Waals surface area (Å²) in [4.78, 5) is 2.70. The molecule has 2 heteroatoms. The standard InChI is InChI=1S/C7H14ClN/c1-4-5-6-7(2,3)9-8/h4,9H,1,5-6H2,2-3H3. The number of hydrogen-bond donors (Lipinski definition) is 1. The van der Waals surface area contributed by atoms with Crippen LogP contribution in [0.3, 0.4) is 0 Å². The van der Waals surface area contributed by atoms with Crippen LogP contribution in [0.1, 0.15) is 26.7 Å². The number of rotatable bonds is 4. The molecule has 1 N–H and O–H groups in total. The summed E-state index contributed by atoms with van der Waals surface area (Å²) in [6.45, 7) is 7.75. The fourth-order valence-electron chi connectivity index (χ4n) is 0.510. The molecule has 0 saturated heterocycles. The zero-order valence-electron chi connectivity index (χ0n) is 6.08. The Balaban J connectivity index is 3.44. The summed E-state index contributed by atoms with van der Waals surface area (Å²) in [5.74, 6) is 0. The van der Waals surface area contributed by atoms with E-state index in [9.17, 15) is 0 Å². The van der Waals surface area contributed by atoms with Gasteiger partial charge in [0.05, 0.1) is 0 Å². The molecule has 0 aromatic carbocycles. The average molecular weight is 148 g/mol. The molecule has 9 heavy (non-hydrogen) atoms. The van der Waals surface area contributed by atoms with Gasteiger partial charge in [-0.25, -0.2) is 4.84 Å². The van der Waals surface area contributed by atoms with Gasteiger partial charge in [-0.1, -0.05) is 6.08 Å². The van der Waals surface area contributed by atoms with Crippen LogP contribution in [-0.2, 0) is 0 Å². The molecule has 0 spiro atoms. The molecule has 0 bridgehead atoms. The highest BCUT2D eigenvalue weighted by Gasteiger charge is 2.13. The zero-order valence-corrected chi connectivity index (χ0v) is 6.83. The Morgan fingerprint density at radius 1 is 1.67 bits per heavy atom. The Morgan fingerprint density at radius 3 is 2.56 bits per heavy atom. The SMILES string of the molecule is C=CCCC(C)(C)NCl. The molecule has 0 aromatic heterocycles. The van der Waals surface area contributed by atoms with Gasteiger partial charge in [-0.15, -0.1) is 6.58 Å². The van der Waals surface area contributed by atoms with Crippen molar-refractivity contribution in [3.8, 4) is 0 Å². The monoisotopic (exact) mass is 147 g/mol. The molecule has 1 nitrogen and oxygen atoms in total. The maximum absolute atomic E-state index is 5.44. The van der Waals surface area contributed by atoms with Gasteiger partial charge in [0.25, 0.3) is 0 Å². The van der Waals surface area contributed by atoms with E-state index < -0.39 is 0 Å². The minimum Gasteiger partial charge on any atom is -0.228 e. The molecule has 0 atom stereocenters. The fourth-order valence-corrected chi connectivity index (χ4v) is 0.605. The van der Waals surface area contributed by atoms with Crippen molar-refractivity contribution in [2.24, 2.45) is 0 Å². The molecule has 0 aliphatic heterocycles. The summed E-state index contributed by atoms with van der Waals surface area (Å²) in [5.41, 5.74) is 0.0374. The van der Waals surface area contributed by atoms with Crippen LogP contribution < -0.4 is 4.84 Å². The maximum atomic E-state index is 5.44. The smallest absolute Gasteiger partial charge is 0.0278 e. The van der Waals surface area contributed by atoms with Gasteiger partial charge in [0.1, 0.15) is 0 Å². The van der Waals surface area contributed by atoms with E-state index in [4.69, 9.17) is 11.8 Å². The minimum absolute atomic E-state index is 0.0374. The van der Waals surface area contributed by atoms with Gasteiger partial charge in [-0.3, -0.25) is 0 Å². The van der Waals surface area contributed by atoms with Crippen LogP contribution in [-0.4, -0.2) is 5.54 Å². The van der Waals surface area contributed by atoms with Crippen LogP contribution in [0.2, 0.25) is 0 Å². The van der Waals surface area contributed by atoms with Gasteiger partial charge in [-0.2, -0.15) is 0 Å². The molecule has 0 saturated carbocycles. The van der Waals surface area contributed by atoms with Crippen molar-refractivity contribution < 1.29 is 0 Å². The minimum atomic E-state index is 0.0374.